The number of aliphatic hydroxyl groups excluding tert-OH is 2. The molecule has 1 aromatic heterocycles. The molecule has 0 amide bonds. The number of aliphatic carboxylic acids is 1. The summed E-state index contributed by atoms with van der Waals surface area (Å²) < 4.78 is 1.19. The quantitative estimate of drug-likeness (QED) is 0.325. The van der Waals surface area contributed by atoms with E-state index in [0.29, 0.717) is 18.8 Å². The highest BCUT2D eigenvalue weighted by Gasteiger charge is 2.37. The van der Waals surface area contributed by atoms with Crippen molar-refractivity contribution in [2.24, 2.45) is 11.8 Å². The highest BCUT2D eigenvalue weighted by atomic mass is 32.1. The van der Waals surface area contributed by atoms with Gasteiger partial charge in [0, 0.05) is 16.0 Å². The average molecular weight is 417 g/mol. The fourth-order valence-corrected chi connectivity index (χ4v) is 5.69. The largest absolute Gasteiger partial charge is 0.481 e. The van der Waals surface area contributed by atoms with Gasteiger partial charge in [0.1, 0.15) is 0 Å². The molecule has 1 fully saturated rings. The number of carboxylic acid groups (broad SMARTS) is 1. The molecule has 2 aromatic rings. The maximum Gasteiger partial charge on any atom is 0.303 e. The van der Waals surface area contributed by atoms with Gasteiger partial charge in [-0.1, -0.05) is 49.6 Å². The van der Waals surface area contributed by atoms with E-state index in [4.69, 9.17) is 5.11 Å². The molecule has 3 N–H and O–H groups in total. The Morgan fingerprint density at radius 2 is 1.93 bits per heavy atom. The van der Waals surface area contributed by atoms with Crippen LogP contribution >= 0.6 is 11.3 Å². The number of carbonyl (C=O) groups is 1. The van der Waals surface area contributed by atoms with Crippen molar-refractivity contribution in [1.82, 2.24) is 0 Å². The standard InChI is InChI=1S/C24H32O4S/c1-16-14-21(26)19(18(16)9-4-2-3-5-11-24(27)28)12-13-20(25)23-15-17-8-6-7-10-22(17)29-23/h6-8,10,15,18-21,25-26H,1-5,9,11-14H2,(H,27,28)/t18-,19+,20?,21+/m0/s1. The van der Waals surface area contributed by atoms with Crippen molar-refractivity contribution in [1.29, 1.82) is 0 Å². The lowest BCUT2D eigenvalue weighted by Crippen LogP contribution is -2.20. The highest BCUT2D eigenvalue weighted by molar-refractivity contribution is 7.19. The maximum absolute atomic E-state index is 10.7. The molecular weight excluding hydrogens is 384 g/mol. The molecule has 1 aliphatic carbocycles. The molecule has 0 aliphatic heterocycles. The third-order valence-electron chi connectivity index (χ3n) is 6.21. The molecule has 1 saturated carbocycles. The van der Waals surface area contributed by atoms with E-state index in [1.165, 1.54) is 10.1 Å². The molecule has 29 heavy (non-hydrogen) atoms. The molecule has 0 radical (unpaired) electrons. The van der Waals surface area contributed by atoms with Crippen molar-refractivity contribution in [3.8, 4) is 0 Å². The van der Waals surface area contributed by atoms with Crippen LogP contribution in [0, 0.1) is 11.8 Å². The van der Waals surface area contributed by atoms with Gasteiger partial charge in [-0.2, -0.15) is 0 Å². The lowest BCUT2D eigenvalue weighted by Gasteiger charge is -2.23. The zero-order valence-electron chi connectivity index (χ0n) is 16.9. The number of benzene rings is 1. The summed E-state index contributed by atoms with van der Waals surface area (Å²) in [5.41, 5.74) is 1.13. The van der Waals surface area contributed by atoms with Crippen LogP contribution in [0.5, 0.6) is 0 Å². The molecule has 0 bridgehead atoms. The molecule has 3 rings (SSSR count). The van der Waals surface area contributed by atoms with Gasteiger partial charge in [0.25, 0.3) is 0 Å². The molecule has 4 nitrogen and oxygen atoms in total. The Balaban J connectivity index is 1.49. The van der Waals surface area contributed by atoms with Gasteiger partial charge in [0.05, 0.1) is 12.2 Å². The summed E-state index contributed by atoms with van der Waals surface area (Å²) in [6, 6.07) is 10.2. The Kier molecular flexibility index (Phi) is 7.87. The zero-order valence-corrected chi connectivity index (χ0v) is 17.7. The number of hydrogen-bond donors (Lipinski definition) is 3. The van der Waals surface area contributed by atoms with Gasteiger partial charge in [-0.3, -0.25) is 4.79 Å². The number of unbranched alkanes of at least 4 members (excludes halogenated alkanes) is 3. The van der Waals surface area contributed by atoms with Crippen molar-refractivity contribution < 1.29 is 20.1 Å². The van der Waals surface area contributed by atoms with Crippen LogP contribution in [0.4, 0.5) is 0 Å². The van der Waals surface area contributed by atoms with Crippen molar-refractivity contribution in [2.45, 2.75) is 70.0 Å². The minimum absolute atomic E-state index is 0.158. The van der Waals surface area contributed by atoms with E-state index in [-0.39, 0.29) is 18.4 Å². The van der Waals surface area contributed by atoms with Crippen molar-refractivity contribution in [2.75, 3.05) is 0 Å². The van der Waals surface area contributed by atoms with E-state index < -0.39 is 12.1 Å². The van der Waals surface area contributed by atoms with Gasteiger partial charge in [-0.15, -0.1) is 11.3 Å². The summed E-state index contributed by atoms with van der Waals surface area (Å²) in [6.45, 7) is 4.19. The number of rotatable bonds is 11. The minimum Gasteiger partial charge on any atom is -0.481 e. The average Bonchev–Trinajstić information content (AvgIpc) is 3.23. The van der Waals surface area contributed by atoms with Crippen LogP contribution in [0.15, 0.2) is 42.5 Å². The third-order valence-corrected chi connectivity index (χ3v) is 7.43. The summed E-state index contributed by atoms with van der Waals surface area (Å²) in [4.78, 5) is 11.6. The Morgan fingerprint density at radius 3 is 2.69 bits per heavy atom. The molecule has 0 spiro atoms. The molecule has 1 heterocycles. The van der Waals surface area contributed by atoms with Gasteiger partial charge >= 0.3 is 5.97 Å². The first-order valence-corrected chi connectivity index (χ1v) is 11.5. The number of fused-ring (bicyclic) bond motifs is 1. The van der Waals surface area contributed by atoms with E-state index in [0.717, 1.165) is 49.0 Å². The van der Waals surface area contributed by atoms with Crippen LogP contribution in [-0.2, 0) is 4.79 Å². The number of aliphatic hydroxyl groups is 2. The SMILES string of the molecule is C=C1C[C@@H](O)[C@H](CCC(O)c2cc3ccccc3s2)[C@H]1CCCCCCC(=O)O. The van der Waals surface area contributed by atoms with Crippen molar-refractivity contribution >= 4 is 27.4 Å². The Hall–Kier alpha value is -1.69. The molecule has 0 saturated heterocycles. The topological polar surface area (TPSA) is 77.8 Å². The van der Waals surface area contributed by atoms with E-state index in [1.54, 1.807) is 11.3 Å². The predicted molar refractivity (Wildman–Crippen MR) is 118 cm³/mol. The van der Waals surface area contributed by atoms with Crippen LogP contribution < -0.4 is 0 Å². The monoisotopic (exact) mass is 416 g/mol. The summed E-state index contributed by atoms with van der Waals surface area (Å²) in [7, 11) is 0. The maximum atomic E-state index is 10.7. The van der Waals surface area contributed by atoms with E-state index in [2.05, 4.69) is 24.8 Å². The summed E-state index contributed by atoms with van der Waals surface area (Å²) in [6.07, 6.45) is 6.19. The van der Waals surface area contributed by atoms with E-state index in [9.17, 15) is 15.0 Å². The first-order chi connectivity index (χ1) is 14.0. The summed E-state index contributed by atoms with van der Waals surface area (Å²) in [5, 5.41) is 31.1. The number of carboxylic acids is 1. The first kappa shape index (κ1) is 22.0. The number of thiophene rings is 1. The van der Waals surface area contributed by atoms with E-state index in [1.807, 2.05) is 12.1 Å². The third kappa shape index (κ3) is 5.91. The Bertz CT molecular complexity index is 794. The summed E-state index contributed by atoms with van der Waals surface area (Å²) in [5.74, 6) is -0.265. The van der Waals surface area contributed by atoms with Crippen LogP contribution in [0.1, 0.15) is 68.8 Å². The second-order valence-corrected chi connectivity index (χ2v) is 9.44. The minimum atomic E-state index is -0.727. The smallest absolute Gasteiger partial charge is 0.303 e. The molecule has 5 heteroatoms. The van der Waals surface area contributed by atoms with Gasteiger partial charge in [0.15, 0.2) is 0 Å². The normalized spacial score (nSPS) is 23.0. The molecule has 1 unspecified atom stereocenters. The molecule has 1 aliphatic rings. The van der Waals surface area contributed by atoms with Crippen molar-refractivity contribution in [3.63, 3.8) is 0 Å². The Labute approximate surface area is 176 Å². The van der Waals surface area contributed by atoms with Gasteiger partial charge in [0.2, 0.25) is 0 Å². The first-order valence-electron chi connectivity index (χ1n) is 10.7. The molecule has 1 aromatic carbocycles. The Morgan fingerprint density at radius 1 is 1.17 bits per heavy atom. The summed E-state index contributed by atoms with van der Waals surface area (Å²) >= 11 is 1.64. The fourth-order valence-electron chi connectivity index (χ4n) is 4.61. The van der Waals surface area contributed by atoms with Crippen LogP contribution in [0.25, 0.3) is 10.1 Å². The van der Waals surface area contributed by atoms with Crippen molar-refractivity contribution in [3.05, 3.63) is 47.4 Å². The highest BCUT2D eigenvalue weighted by Crippen LogP contribution is 2.43. The molecule has 158 valence electrons. The van der Waals surface area contributed by atoms with Crippen LogP contribution in [0.2, 0.25) is 0 Å². The lowest BCUT2D eigenvalue weighted by atomic mass is 9.84. The van der Waals surface area contributed by atoms with Gasteiger partial charge < -0.3 is 15.3 Å². The van der Waals surface area contributed by atoms with Crippen LogP contribution in [0.3, 0.4) is 0 Å². The second-order valence-electron chi connectivity index (χ2n) is 8.33. The molecular formula is C24H32O4S. The second kappa shape index (κ2) is 10.4. The lowest BCUT2D eigenvalue weighted by molar-refractivity contribution is -0.137. The zero-order chi connectivity index (χ0) is 20.8. The predicted octanol–water partition coefficient (Wildman–Crippen LogP) is 5.69. The van der Waals surface area contributed by atoms with Gasteiger partial charge in [-0.05, 0) is 61.5 Å². The van der Waals surface area contributed by atoms with Crippen LogP contribution in [-0.4, -0.2) is 27.4 Å². The fraction of sp³-hybridized carbons (Fsp3) is 0.542. The van der Waals surface area contributed by atoms with Gasteiger partial charge in [-0.25, -0.2) is 0 Å². The number of hydrogen-bond acceptors (Lipinski definition) is 4. The molecule has 4 atom stereocenters. The van der Waals surface area contributed by atoms with E-state index >= 15 is 0 Å².